The Morgan fingerprint density at radius 2 is 1.73 bits per heavy atom. The molecule has 0 fully saturated rings. The molecule has 216 valence electrons. The summed E-state index contributed by atoms with van der Waals surface area (Å²) >= 11 is 1.27. The number of nitrogens with one attached hydrogen (secondary N) is 1. The van der Waals surface area contributed by atoms with Crippen LogP contribution >= 0.6 is 11.9 Å². The number of hydrogen-bond donors (Lipinski definition) is 3. The van der Waals surface area contributed by atoms with E-state index < -0.39 is 5.60 Å². The highest BCUT2D eigenvalue weighted by Gasteiger charge is 2.18. The quantitative estimate of drug-likeness (QED) is 0.212. The summed E-state index contributed by atoms with van der Waals surface area (Å²) in [5, 5.41) is 10.6. The molecule has 9 heteroatoms. The molecule has 1 atom stereocenters. The summed E-state index contributed by atoms with van der Waals surface area (Å²) < 4.78 is 9.27. The molecule has 0 unspecified atom stereocenters. The van der Waals surface area contributed by atoms with Crippen molar-refractivity contribution < 1.29 is 14.6 Å². The van der Waals surface area contributed by atoms with Crippen molar-refractivity contribution in [2.75, 3.05) is 11.3 Å². The molecule has 0 amide bonds. The molecule has 0 saturated heterocycles. The van der Waals surface area contributed by atoms with E-state index in [1.165, 1.54) is 11.9 Å². The maximum Gasteiger partial charge on any atom is 0.237 e. The Morgan fingerprint density at radius 3 is 2.38 bits per heavy atom. The first-order valence-corrected chi connectivity index (χ1v) is 14.5. The van der Waals surface area contributed by atoms with Gasteiger partial charge >= 0.3 is 0 Å². The zero-order valence-electron chi connectivity index (χ0n) is 24.7. The van der Waals surface area contributed by atoms with Gasteiger partial charge in [0.25, 0.3) is 0 Å². The van der Waals surface area contributed by atoms with Gasteiger partial charge in [0.05, 0.1) is 11.3 Å². The molecular weight excluding hydrogens is 522 g/mol. The monoisotopic (exact) mass is 565 g/mol. The molecule has 0 aliphatic carbocycles. The third-order valence-electron chi connectivity index (χ3n) is 6.18. The first-order chi connectivity index (χ1) is 18.7. The van der Waals surface area contributed by atoms with Crippen molar-refractivity contribution in [3.8, 4) is 17.1 Å². The molecule has 3 aromatic rings. The predicted octanol–water partition coefficient (Wildman–Crippen LogP) is 6.08. The van der Waals surface area contributed by atoms with Gasteiger partial charge in [-0.05, 0) is 69.2 Å². The fourth-order valence-electron chi connectivity index (χ4n) is 4.38. The van der Waals surface area contributed by atoms with Crippen molar-refractivity contribution in [3.05, 3.63) is 59.3 Å². The Labute approximate surface area is 242 Å². The second kappa shape index (κ2) is 13.6. The van der Waals surface area contributed by atoms with Crippen molar-refractivity contribution in [2.45, 2.75) is 90.8 Å². The molecule has 8 nitrogen and oxygen atoms in total. The van der Waals surface area contributed by atoms with Crippen LogP contribution in [0.4, 0.5) is 5.95 Å². The van der Waals surface area contributed by atoms with Gasteiger partial charge in [0, 0.05) is 48.2 Å². The standard InChI is InChI=1S/C31H43N5O3S/c1-20-10-8-11-21(2)28(20)25-17-26(39-19-22(32)18-30(3,4)5)35-29(34-25)36-40-27-13-9-12-23(33-27)16-24(37)14-15-31(6,7)38/h8-13,17,22,38H,14-16,18-19,32H2,1-7H3,(H,34,35,36)/t22-/m1/s1. The van der Waals surface area contributed by atoms with E-state index in [0.29, 0.717) is 42.0 Å². The van der Waals surface area contributed by atoms with Gasteiger partial charge in [-0.25, -0.2) is 9.97 Å². The highest BCUT2D eigenvalue weighted by Crippen LogP contribution is 2.30. The summed E-state index contributed by atoms with van der Waals surface area (Å²) in [6, 6.07) is 13.4. The average Bonchev–Trinajstić information content (AvgIpc) is 2.84. The van der Waals surface area contributed by atoms with Gasteiger partial charge in [-0.3, -0.25) is 9.52 Å². The first-order valence-electron chi connectivity index (χ1n) is 13.7. The SMILES string of the molecule is Cc1cccc(C)c1-c1cc(OC[C@H](N)CC(C)(C)C)nc(NSc2cccc(CC(=O)CCC(C)(C)O)n2)n1. The lowest BCUT2D eigenvalue weighted by atomic mass is 9.89. The zero-order valence-corrected chi connectivity index (χ0v) is 25.6. The fraction of sp³-hybridized carbons (Fsp3) is 0.484. The Kier molecular flexibility index (Phi) is 10.7. The lowest BCUT2D eigenvalue weighted by molar-refractivity contribution is -0.119. The van der Waals surface area contributed by atoms with Gasteiger partial charge in [-0.2, -0.15) is 4.98 Å². The molecule has 40 heavy (non-hydrogen) atoms. The summed E-state index contributed by atoms with van der Waals surface area (Å²) in [5.74, 6) is 0.873. The first kappa shape index (κ1) is 31.5. The van der Waals surface area contributed by atoms with E-state index in [9.17, 15) is 9.90 Å². The predicted molar refractivity (Wildman–Crippen MR) is 162 cm³/mol. The fourth-order valence-corrected chi connectivity index (χ4v) is 4.97. The van der Waals surface area contributed by atoms with Crippen LogP contribution in [-0.4, -0.2) is 44.1 Å². The number of carbonyl (C=O) groups excluding carboxylic acids is 1. The minimum absolute atomic E-state index is 0.0424. The molecule has 2 heterocycles. The van der Waals surface area contributed by atoms with Crippen LogP contribution in [0.1, 0.15) is 70.7 Å². The van der Waals surface area contributed by atoms with Gasteiger partial charge in [-0.1, -0.05) is 45.0 Å². The molecule has 2 aromatic heterocycles. The number of aryl methyl sites for hydroxylation is 2. The third kappa shape index (κ3) is 10.5. The van der Waals surface area contributed by atoms with Crippen molar-refractivity contribution in [1.29, 1.82) is 0 Å². The number of nitrogens with zero attached hydrogens (tertiary/aromatic N) is 3. The van der Waals surface area contributed by atoms with Gasteiger partial charge in [0.1, 0.15) is 17.4 Å². The van der Waals surface area contributed by atoms with Gasteiger partial charge in [0.2, 0.25) is 11.8 Å². The maximum absolute atomic E-state index is 12.4. The Hall–Kier alpha value is -3.01. The number of ether oxygens (including phenoxy) is 1. The van der Waals surface area contributed by atoms with Crippen LogP contribution in [0.5, 0.6) is 5.88 Å². The number of ketones is 1. The van der Waals surface area contributed by atoms with E-state index in [1.54, 1.807) is 13.8 Å². The summed E-state index contributed by atoms with van der Waals surface area (Å²) in [6.07, 6.45) is 1.77. The Balaban J connectivity index is 1.78. The van der Waals surface area contributed by atoms with Gasteiger partial charge in [-0.15, -0.1) is 0 Å². The summed E-state index contributed by atoms with van der Waals surface area (Å²) in [4.78, 5) is 26.4. The van der Waals surface area contributed by atoms with Crippen molar-refractivity contribution >= 4 is 23.7 Å². The molecule has 3 rings (SSSR count). The van der Waals surface area contributed by atoms with Crippen molar-refractivity contribution in [3.63, 3.8) is 0 Å². The highest BCUT2D eigenvalue weighted by molar-refractivity contribution is 8.00. The number of rotatable bonds is 13. The number of aliphatic hydroxyl groups is 1. The van der Waals surface area contributed by atoms with Crippen LogP contribution in [0.3, 0.4) is 0 Å². The maximum atomic E-state index is 12.4. The Bertz CT molecular complexity index is 1280. The number of hydrogen-bond acceptors (Lipinski definition) is 9. The lowest BCUT2D eigenvalue weighted by Crippen LogP contribution is -2.32. The summed E-state index contributed by atoms with van der Waals surface area (Å²) in [7, 11) is 0. The normalized spacial score (nSPS) is 12.7. The van der Waals surface area contributed by atoms with Gasteiger partial charge < -0.3 is 15.6 Å². The molecule has 4 N–H and O–H groups in total. The van der Waals surface area contributed by atoms with E-state index in [4.69, 9.17) is 15.5 Å². The van der Waals surface area contributed by atoms with E-state index in [0.717, 1.165) is 28.8 Å². The van der Waals surface area contributed by atoms with E-state index in [1.807, 2.05) is 30.3 Å². The van der Waals surface area contributed by atoms with Gasteiger partial charge in [0.15, 0.2) is 0 Å². The molecule has 0 bridgehead atoms. The van der Waals surface area contributed by atoms with Crippen LogP contribution in [0, 0.1) is 19.3 Å². The second-order valence-corrected chi connectivity index (χ2v) is 13.0. The highest BCUT2D eigenvalue weighted by atomic mass is 32.2. The van der Waals surface area contributed by atoms with E-state index in [-0.39, 0.29) is 23.7 Å². The van der Waals surface area contributed by atoms with E-state index in [2.05, 4.69) is 61.4 Å². The molecular formula is C31H43N5O3S. The third-order valence-corrected chi connectivity index (χ3v) is 6.90. The van der Waals surface area contributed by atoms with Crippen LogP contribution < -0.4 is 15.2 Å². The minimum atomic E-state index is -0.865. The van der Waals surface area contributed by atoms with E-state index >= 15 is 0 Å². The van der Waals surface area contributed by atoms with Crippen LogP contribution in [-0.2, 0) is 11.2 Å². The van der Waals surface area contributed by atoms with Crippen LogP contribution in [0.2, 0.25) is 0 Å². The lowest BCUT2D eigenvalue weighted by Gasteiger charge is -2.23. The largest absolute Gasteiger partial charge is 0.476 e. The summed E-state index contributed by atoms with van der Waals surface area (Å²) in [6.45, 7) is 14.3. The number of benzene rings is 1. The number of Topliss-reactive ketones (excluding diaryl/α,β-unsaturated/α-hetero) is 1. The second-order valence-electron chi connectivity index (χ2n) is 12.2. The molecule has 0 saturated carbocycles. The smallest absolute Gasteiger partial charge is 0.237 e. The Morgan fingerprint density at radius 1 is 1.05 bits per heavy atom. The minimum Gasteiger partial charge on any atom is -0.476 e. The number of carbonyl (C=O) groups is 1. The number of aromatic nitrogens is 3. The number of anilines is 1. The van der Waals surface area contributed by atoms with Crippen molar-refractivity contribution in [1.82, 2.24) is 15.0 Å². The number of nitrogens with two attached hydrogens (primary N) is 1. The zero-order chi connectivity index (χ0) is 29.5. The molecule has 0 aliphatic heterocycles. The average molecular weight is 566 g/mol. The van der Waals surface area contributed by atoms with Crippen LogP contribution in [0.15, 0.2) is 47.5 Å². The molecule has 0 aliphatic rings. The molecule has 0 spiro atoms. The van der Waals surface area contributed by atoms with Crippen LogP contribution in [0.25, 0.3) is 11.3 Å². The molecule has 1 aromatic carbocycles. The topological polar surface area (TPSA) is 123 Å². The van der Waals surface area contributed by atoms with Crippen molar-refractivity contribution in [2.24, 2.45) is 11.1 Å². The number of pyridine rings is 1. The molecule has 0 radical (unpaired) electrons. The summed E-state index contributed by atoms with van der Waals surface area (Å²) in [5.41, 5.74) is 10.3.